The monoisotopic (exact) mass is 289 g/mol. The van der Waals surface area contributed by atoms with Crippen LogP contribution in [0.15, 0.2) is 54.6 Å². The van der Waals surface area contributed by atoms with Gasteiger partial charge in [-0.15, -0.1) is 0 Å². The molecule has 112 valence electrons. The Morgan fingerprint density at radius 2 is 1.76 bits per heavy atom. The van der Waals surface area contributed by atoms with Crippen LogP contribution in [0.25, 0.3) is 0 Å². The van der Waals surface area contributed by atoms with Gasteiger partial charge in [0, 0.05) is 12.6 Å². The summed E-state index contributed by atoms with van der Waals surface area (Å²) in [5.41, 5.74) is 0.979. The zero-order valence-electron chi connectivity index (χ0n) is 12.0. The molecule has 0 aliphatic rings. The van der Waals surface area contributed by atoms with Crippen LogP contribution in [0.5, 0.6) is 5.75 Å². The maximum atomic E-state index is 12.8. The zero-order chi connectivity index (χ0) is 15.1. The van der Waals surface area contributed by atoms with Crippen LogP contribution in [0.3, 0.4) is 0 Å². The Morgan fingerprint density at radius 1 is 1.10 bits per heavy atom. The van der Waals surface area contributed by atoms with Gasteiger partial charge in [0.05, 0.1) is 0 Å². The van der Waals surface area contributed by atoms with E-state index in [1.165, 1.54) is 12.1 Å². The number of para-hydroxylation sites is 1. The van der Waals surface area contributed by atoms with Crippen LogP contribution in [0.2, 0.25) is 0 Å². The largest absolute Gasteiger partial charge is 0.491 e. The summed E-state index contributed by atoms with van der Waals surface area (Å²) in [6.07, 6.45) is -0.604. The quantitative estimate of drug-likeness (QED) is 0.823. The molecule has 0 amide bonds. The molecule has 0 aromatic heterocycles. The first-order valence-corrected chi connectivity index (χ1v) is 7.00. The van der Waals surface area contributed by atoms with Gasteiger partial charge in [0.25, 0.3) is 0 Å². The van der Waals surface area contributed by atoms with Crippen molar-refractivity contribution in [2.45, 2.75) is 19.1 Å². The molecule has 0 radical (unpaired) electrons. The van der Waals surface area contributed by atoms with Crippen molar-refractivity contribution in [1.82, 2.24) is 5.32 Å². The Balaban J connectivity index is 1.73. The third-order valence-electron chi connectivity index (χ3n) is 3.22. The van der Waals surface area contributed by atoms with E-state index in [0.29, 0.717) is 6.54 Å². The third kappa shape index (κ3) is 5.17. The Hall–Kier alpha value is -1.91. The molecule has 0 bridgehead atoms. The highest BCUT2D eigenvalue weighted by molar-refractivity contribution is 5.21. The van der Waals surface area contributed by atoms with Gasteiger partial charge in [-0.25, -0.2) is 4.39 Å². The van der Waals surface area contributed by atoms with Gasteiger partial charge in [-0.3, -0.25) is 0 Å². The maximum Gasteiger partial charge on any atom is 0.123 e. The minimum Gasteiger partial charge on any atom is -0.491 e. The first kappa shape index (κ1) is 15.5. The SMILES string of the molecule is C[C@@H](NCC(O)COc1ccccc1)c1ccc(F)cc1. The summed E-state index contributed by atoms with van der Waals surface area (Å²) in [6, 6.07) is 15.8. The van der Waals surface area contributed by atoms with E-state index in [2.05, 4.69) is 5.32 Å². The molecular formula is C17H20FNO2. The van der Waals surface area contributed by atoms with E-state index in [0.717, 1.165) is 11.3 Å². The average molecular weight is 289 g/mol. The molecule has 0 aliphatic carbocycles. The van der Waals surface area contributed by atoms with E-state index in [-0.39, 0.29) is 18.5 Å². The second-order valence-electron chi connectivity index (χ2n) is 4.96. The van der Waals surface area contributed by atoms with Gasteiger partial charge in [0.2, 0.25) is 0 Å². The predicted octanol–water partition coefficient (Wildman–Crippen LogP) is 2.92. The summed E-state index contributed by atoms with van der Waals surface area (Å²) in [7, 11) is 0. The van der Waals surface area contributed by atoms with Crippen molar-refractivity contribution in [1.29, 1.82) is 0 Å². The van der Waals surface area contributed by atoms with Crippen molar-refractivity contribution in [3.8, 4) is 5.75 Å². The van der Waals surface area contributed by atoms with Crippen molar-refractivity contribution in [2.75, 3.05) is 13.2 Å². The first-order chi connectivity index (χ1) is 10.1. The van der Waals surface area contributed by atoms with E-state index < -0.39 is 6.10 Å². The molecule has 0 fully saturated rings. The Morgan fingerprint density at radius 3 is 2.43 bits per heavy atom. The molecule has 2 atom stereocenters. The number of aliphatic hydroxyl groups is 1. The number of halogens is 1. The minimum atomic E-state index is -0.604. The molecule has 2 rings (SSSR count). The highest BCUT2D eigenvalue weighted by Crippen LogP contribution is 2.13. The molecule has 0 saturated heterocycles. The van der Waals surface area contributed by atoms with Crippen LogP contribution in [0, 0.1) is 5.82 Å². The van der Waals surface area contributed by atoms with E-state index >= 15 is 0 Å². The second-order valence-corrected chi connectivity index (χ2v) is 4.96. The zero-order valence-corrected chi connectivity index (χ0v) is 12.0. The molecule has 0 saturated carbocycles. The predicted molar refractivity (Wildman–Crippen MR) is 80.8 cm³/mol. The lowest BCUT2D eigenvalue weighted by molar-refractivity contribution is 0.104. The van der Waals surface area contributed by atoms with Gasteiger partial charge >= 0.3 is 0 Å². The summed E-state index contributed by atoms with van der Waals surface area (Å²) in [4.78, 5) is 0. The third-order valence-corrected chi connectivity index (χ3v) is 3.22. The number of benzene rings is 2. The van der Waals surface area contributed by atoms with Crippen molar-refractivity contribution >= 4 is 0 Å². The smallest absolute Gasteiger partial charge is 0.123 e. The number of nitrogens with one attached hydrogen (secondary N) is 1. The standard InChI is InChI=1S/C17H20FNO2/c1-13(14-7-9-15(18)10-8-14)19-11-16(20)12-21-17-5-3-2-4-6-17/h2-10,13,16,19-20H,11-12H2,1H3/t13-,16?/m1/s1. The van der Waals surface area contributed by atoms with Crippen LogP contribution in [0.4, 0.5) is 4.39 Å². The van der Waals surface area contributed by atoms with Crippen molar-refractivity contribution in [2.24, 2.45) is 0 Å². The lowest BCUT2D eigenvalue weighted by atomic mass is 10.1. The van der Waals surface area contributed by atoms with E-state index in [1.807, 2.05) is 37.3 Å². The minimum absolute atomic E-state index is 0.0389. The highest BCUT2D eigenvalue weighted by Gasteiger charge is 2.09. The van der Waals surface area contributed by atoms with Crippen LogP contribution < -0.4 is 10.1 Å². The number of hydrogen-bond donors (Lipinski definition) is 2. The number of rotatable bonds is 7. The Kier molecular flexibility index (Phi) is 5.72. The van der Waals surface area contributed by atoms with Gasteiger partial charge in [-0.05, 0) is 36.8 Å². The second kappa shape index (κ2) is 7.76. The molecule has 2 N–H and O–H groups in total. The summed E-state index contributed by atoms with van der Waals surface area (Å²) < 4.78 is 18.3. The Bertz CT molecular complexity index is 530. The fraction of sp³-hybridized carbons (Fsp3) is 0.294. The maximum absolute atomic E-state index is 12.8. The van der Waals surface area contributed by atoms with E-state index in [9.17, 15) is 9.50 Å². The fourth-order valence-corrected chi connectivity index (χ4v) is 1.95. The van der Waals surface area contributed by atoms with Crippen LogP contribution in [-0.2, 0) is 0 Å². The summed E-state index contributed by atoms with van der Waals surface area (Å²) >= 11 is 0. The van der Waals surface area contributed by atoms with Crippen LogP contribution in [-0.4, -0.2) is 24.4 Å². The van der Waals surface area contributed by atoms with Gasteiger partial charge < -0.3 is 15.2 Å². The molecular weight excluding hydrogens is 269 g/mol. The van der Waals surface area contributed by atoms with E-state index in [1.54, 1.807) is 12.1 Å². The van der Waals surface area contributed by atoms with E-state index in [4.69, 9.17) is 4.74 Å². The van der Waals surface area contributed by atoms with Gasteiger partial charge in [0.1, 0.15) is 24.3 Å². The normalized spacial score (nSPS) is 13.7. The molecule has 2 aromatic rings. The van der Waals surface area contributed by atoms with Gasteiger partial charge in [-0.1, -0.05) is 30.3 Å². The molecule has 0 heterocycles. The molecule has 3 nitrogen and oxygen atoms in total. The molecule has 1 unspecified atom stereocenters. The Labute approximate surface area is 124 Å². The lowest BCUT2D eigenvalue weighted by Gasteiger charge is -2.18. The van der Waals surface area contributed by atoms with Crippen molar-refractivity contribution in [3.63, 3.8) is 0 Å². The summed E-state index contributed by atoms with van der Waals surface area (Å²) in [6.45, 7) is 2.61. The fourth-order valence-electron chi connectivity index (χ4n) is 1.95. The molecule has 2 aromatic carbocycles. The summed E-state index contributed by atoms with van der Waals surface area (Å²) in [5.74, 6) is 0.491. The molecule has 4 heteroatoms. The number of hydrogen-bond acceptors (Lipinski definition) is 3. The van der Waals surface area contributed by atoms with Gasteiger partial charge in [0.15, 0.2) is 0 Å². The number of aliphatic hydroxyl groups excluding tert-OH is 1. The van der Waals surface area contributed by atoms with Crippen LogP contribution >= 0.6 is 0 Å². The molecule has 0 spiro atoms. The number of ether oxygens (including phenoxy) is 1. The highest BCUT2D eigenvalue weighted by atomic mass is 19.1. The van der Waals surface area contributed by atoms with Gasteiger partial charge in [-0.2, -0.15) is 0 Å². The van der Waals surface area contributed by atoms with Crippen LogP contribution in [0.1, 0.15) is 18.5 Å². The molecule has 21 heavy (non-hydrogen) atoms. The topological polar surface area (TPSA) is 41.5 Å². The summed E-state index contributed by atoms with van der Waals surface area (Å²) in [5, 5.41) is 13.1. The van der Waals surface area contributed by atoms with Crippen molar-refractivity contribution < 1.29 is 14.2 Å². The lowest BCUT2D eigenvalue weighted by Crippen LogP contribution is -2.33. The average Bonchev–Trinajstić information content (AvgIpc) is 2.52. The van der Waals surface area contributed by atoms with Crippen molar-refractivity contribution in [3.05, 3.63) is 66.0 Å². The first-order valence-electron chi connectivity index (χ1n) is 7.00. The molecule has 0 aliphatic heterocycles.